The van der Waals surface area contributed by atoms with Crippen LogP contribution in [-0.4, -0.2) is 15.0 Å². The zero-order valence-electron chi connectivity index (χ0n) is 26.7. The lowest BCUT2D eigenvalue weighted by Gasteiger charge is -2.11. The Bertz CT molecular complexity index is 2890. The van der Waals surface area contributed by atoms with Crippen LogP contribution in [0.1, 0.15) is 0 Å². The van der Waals surface area contributed by atoms with Gasteiger partial charge in [0.2, 0.25) is 0 Å². The molecule has 0 bridgehead atoms. The fourth-order valence-corrected chi connectivity index (χ4v) is 9.15. The van der Waals surface area contributed by atoms with E-state index in [9.17, 15) is 0 Å². The first-order chi connectivity index (χ1) is 24.7. The third kappa shape index (κ3) is 4.98. The average molecular weight is 674 g/mol. The summed E-state index contributed by atoms with van der Waals surface area (Å²) in [5.41, 5.74) is 7.57. The van der Waals surface area contributed by atoms with Gasteiger partial charge in [-0.3, -0.25) is 0 Å². The second-order valence-electron chi connectivity index (χ2n) is 12.4. The molecule has 0 spiro atoms. The zero-order valence-corrected chi connectivity index (χ0v) is 28.4. The first-order valence-electron chi connectivity index (χ1n) is 16.6. The number of hydrogen-bond acceptors (Lipinski definition) is 5. The van der Waals surface area contributed by atoms with E-state index >= 15 is 0 Å². The van der Waals surface area contributed by atoms with Gasteiger partial charge < -0.3 is 0 Å². The normalized spacial score (nSPS) is 11.6. The monoisotopic (exact) mass is 673 g/mol. The molecule has 10 aromatic rings. The zero-order chi connectivity index (χ0) is 33.0. The van der Waals surface area contributed by atoms with Crippen LogP contribution >= 0.6 is 22.7 Å². The highest BCUT2D eigenvalue weighted by Crippen LogP contribution is 2.41. The van der Waals surface area contributed by atoms with Gasteiger partial charge in [0.15, 0.2) is 17.5 Å². The molecule has 0 amide bonds. The molecule has 0 saturated carbocycles. The number of benzene rings is 7. The molecular formula is C45H27N3S2. The van der Waals surface area contributed by atoms with Gasteiger partial charge in [-0.2, -0.15) is 0 Å². The topological polar surface area (TPSA) is 38.7 Å². The molecule has 3 aromatic heterocycles. The highest BCUT2D eigenvalue weighted by Gasteiger charge is 2.18. The van der Waals surface area contributed by atoms with E-state index in [-0.39, 0.29) is 0 Å². The summed E-state index contributed by atoms with van der Waals surface area (Å²) >= 11 is 3.62. The van der Waals surface area contributed by atoms with E-state index in [4.69, 9.17) is 15.0 Å². The number of thiophene rings is 2. The molecule has 0 N–H and O–H groups in total. The van der Waals surface area contributed by atoms with Crippen molar-refractivity contribution >= 4 is 63.0 Å². The van der Waals surface area contributed by atoms with Crippen LogP contribution in [0.5, 0.6) is 0 Å². The Kier molecular flexibility index (Phi) is 6.86. The molecule has 5 heteroatoms. The van der Waals surface area contributed by atoms with Crippen LogP contribution in [0.4, 0.5) is 0 Å². The molecule has 0 aliphatic carbocycles. The fraction of sp³-hybridized carbons (Fsp3) is 0. The first-order valence-corrected chi connectivity index (χ1v) is 18.2. The van der Waals surface area contributed by atoms with E-state index in [0.29, 0.717) is 17.5 Å². The summed E-state index contributed by atoms with van der Waals surface area (Å²) in [5, 5.41) is 4.88. The molecule has 3 nitrogen and oxygen atoms in total. The molecule has 0 aliphatic heterocycles. The highest BCUT2D eigenvalue weighted by molar-refractivity contribution is 7.26. The summed E-state index contributed by atoms with van der Waals surface area (Å²) < 4.78 is 5.01. The Labute approximate surface area is 296 Å². The summed E-state index contributed by atoms with van der Waals surface area (Å²) in [6, 6.07) is 58.0. The molecule has 0 unspecified atom stereocenters. The molecule has 0 aliphatic rings. The summed E-state index contributed by atoms with van der Waals surface area (Å²) in [6.45, 7) is 0. The molecule has 0 atom stereocenters. The van der Waals surface area contributed by atoms with Gasteiger partial charge in [0.1, 0.15) is 0 Å². The van der Waals surface area contributed by atoms with E-state index in [1.807, 2.05) is 11.3 Å². The minimum absolute atomic E-state index is 0.651. The van der Waals surface area contributed by atoms with Crippen molar-refractivity contribution in [2.24, 2.45) is 0 Å². The van der Waals surface area contributed by atoms with Gasteiger partial charge in [0.25, 0.3) is 0 Å². The van der Waals surface area contributed by atoms with Crippen LogP contribution in [0, 0.1) is 0 Å². The van der Waals surface area contributed by atoms with Crippen LogP contribution in [0.25, 0.3) is 96.8 Å². The van der Waals surface area contributed by atoms with Gasteiger partial charge >= 0.3 is 0 Å². The standard InChI is InChI=1S/C45H27N3S2/c1-2-11-28(12-3-1)29-13-8-14-30(25-29)31-15-9-16-32(26-31)43-46-44(33-23-24-40-37(27-33)34-17-4-6-20-38(34)49-40)48-45(47-43)36-19-10-22-41-42(36)35-18-5-7-21-39(35)50-41/h1-27H. The number of nitrogens with zero attached hydrogens (tertiary/aromatic N) is 3. The fourth-order valence-electron chi connectivity index (χ4n) is 6.93. The second-order valence-corrected chi connectivity index (χ2v) is 14.6. The van der Waals surface area contributed by atoms with Crippen LogP contribution in [0.2, 0.25) is 0 Å². The van der Waals surface area contributed by atoms with Crippen LogP contribution in [0.3, 0.4) is 0 Å². The van der Waals surface area contributed by atoms with Gasteiger partial charge in [-0.15, -0.1) is 22.7 Å². The molecule has 0 saturated heterocycles. The molecule has 0 radical (unpaired) electrons. The second kappa shape index (κ2) is 11.8. The van der Waals surface area contributed by atoms with Crippen molar-refractivity contribution in [3.63, 3.8) is 0 Å². The van der Waals surface area contributed by atoms with Crippen LogP contribution in [0.15, 0.2) is 164 Å². The molecule has 234 valence electrons. The van der Waals surface area contributed by atoms with E-state index in [2.05, 4.69) is 164 Å². The molecule has 10 rings (SSSR count). The van der Waals surface area contributed by atoms with E-state index in [1.54, 1.807) is 11.3 Å². The Hall–Kier alpha value is -6.01. The quantitative estimate of drug-likeness (QED) is 0.182. The summed E-state index contributed by atoms with van der Waals surface area (Å²) in [5.74, 6) is 1.99. The highest BCUT2D eigenvalue weighted by atomic mass is 32.1. The predicted octanol–water partition coefficient (Wildman–Crippen LogP) is 12.9. The minimum Gasteiger partial charge on any atom is -0.208 e. The van der Waals surface area contributed by atoms with Gasteiger partial charge in [0, 0.05) is 57.0 Å². The predicted molar refractivity (Wildman–Crippen MR) is 213 cm³/mol. The average Bonchev–Trinajstić information content (AvgIpc) is 3.76. The molecule has 0 fully saturated rings. The first kappa shape index (κ1) is 29.0. The van der Waals surface area contributed by atoms with Gasteiger partial charge in [0.05, 0.1) is 0 Å². The van der Waals surface area contributed by atoms with E-state index in [1.165, 1.54) is 51.5 Å². The lowest BCUT2D eigenvalue weighted by molar-refractivity contribution is 1.08. The maximum absolute atomic E-state index is 5.22. The van der Waals surface area contributed by atoms with Crippen LogP contribution in [-0.2, 0) is 0 Å². The van der Waals surface area contributed by atoms with Gasteiger partial charge in [-0.05, 0) is 70.8 Å². The van der Waals surface area contributed by atoms with Crippen molar-refractivity contribution in [2.75, 3.05) is 0 Å². The Morgan fingerprint density at radius 1 is 0.300 bits per heavy atom. The van der Waals surface area contributed by atoms with Crippen LogP contribution < -0.4 is 0 Å². The summed E-state index contributed by atoms with van der Waals surface area (Å²) in [7, 11) is 0. The van der Waals surface area contributed by atoms with Gasteiger partial charge in [-0.1, -0.05) is 115 Å². The maximum Gasteiger partial charge on any atom is 0.164 e. The van der Waals surface area contributed by atoms with Crippen molar-refractivity contribution in [1.29, 1.82) is 0 Å². The Morgan fingerprint density at radius 3 is 1.58 bits per heavy atom. The third-order valence-corrected chi connectivity index (χ3v) is 11.6. The van der Waals surface area contributed by atoms with Crippen molar-refractivity contribution in [3.8, 4) is 56.4 Å². The minimum atomic E-state index is 0.651. The largest absolute Gasteiger partial charge is 0.208 e. The number of hydrogen-bond donors (Lipinski definition) is 0. The third-order valence-electron chi connectivity index (χ3n) is 9.34. The van der Waals surface area contributed by atoms with E-state index < -0.39 is 0 Å². The number of fused-ring (bicyclic) bond motifs is 6. The Morgan fingerprint density at radius 2 is 0.800 bits per heavy atom. The summed E-state index contributed by atoms with van der Waals surface area (Å²) in [4.78, 5) is 15.6. The molecule has 3 heterocycles. The Balaban J connectivity index is 1.17. The SMILES string of the molecule is c1ccc(-c2cccc(-c3cccc(-c4nc(-c5ccc6sc7ccccc7c6c5)nc(-c5cccc6sc7ccccc7c56)n4)c3)c2)cc1. The van der Waals surface area contributed by atoms with E-state index in [0.717, 1.165) is 27.8 Å². The summed E-state index contributed by atoms with van der Waals surface area (Å²) in [6.07, 6.45) is 0. The molecule has 7 aromatic carbocycles. The lowest BCUT2D eigenvalue weighted by atomic mass is 9.98. The lowest BCUT2D eigenvalue weighted by Crippen LogP contribution is -2.00. The van der Waals surface area contributed by atoms with Crippen molar-refractivity contribution in [2.45, 2.75) is 0 Å². The maximum atomic E-state index is 5.22. The van der Waals surface area contributed by atoms with Crippen molar-refractivity contribution < 1.29 is 0 Å². The number of rotatable bonds is 5. The van der Waals surface area contributed by atoms with Crippen molar-refractivity contribution in [1.82, 2.24) is 15.0 Å². The molecule has 50 heavy (non-hydrogen) atoms. The number of aromatic nitrogens is 3. The van der Waals surface area contributed by atoms with Gasteiger partial charge in [-0.25, -0.2) is 15.0 Å². The van der Waals surface area contributed by atoms with Crippen molar-refractivity contribution in [3.05, 3.63) is 164 Å². The smallest absolute Gasteiger partial charge is 0.164 e. The molecular weight excluding hydrogens is 647 g/mol.